The van der Waals surface area contributed by atoms with Crippen LogP contribution in [0.25, 0.3) is 5.70 Å². The first kappa shape index (κ1) is 33.2. The number of ether oxygens (including phenoxy) is 1. The number of methoxy groups -OCH3 is 1. The number of benzene rings is 2. The number of piperazine rings is 1. The van der Waals surface area contributed by atoms with E-state index in [4.69, 9.17) is 16.3 Å². The first-order valence-corrected chi connectivity index (χ1v) is 16.9. The zero-order chi connectivity index (χ0) is 33.9. The molecule has 3 atom stereocenters. The lowest BCUT2D eigenvalue weighted by molar-refractivity contribution is -0.153. The lowest BCUT2D eigenvalue weighted by atomic mass is 9.87. The van der Waals surface area contributed by atoms with Gasteiger partial charge in [0.2, 0.25) is 5.91 Å². The molecule has 0 saturated carbocycles. The Kier molecular flexibility index (Phi) is 9.78. The van der Waals surface area contributed by atoms with Gasteiger partial charge in [-0.2, -0.15) is 0 Å². The monoisotopic (exact) mass is 692 g/mol. The number of hydrogen-bond donors (Lipinski definition) is 1. The van der Waals surface area contributed by atoms with Gasteiger partial charge in [-0.15, -0.1) is 28.5 Å². The van der Waals surface area contributed by atoms with Crippen LogP contribution in [-0.2, 0) is 25.7 Å². The van der Waals surface area contributed by atoms with Crippen LogP contribution < -0.4 is 10.1 Å². The first-order valence-electron chi connectivity index (χ1n) is 15.4. The number of Topliss-reactive ketones (excluding diaryl/α,β-unsaturated/α-hetero) is 1. The van der Waals surface area contributed by atoms with Gasteiger partial charge in [0, 0.05) is 37.7 Å². The number of hydrogen-bond acceptors (Lipinski definition) is 10. The first-order chi connectivity index (χ1) is 23.2. The van der Waals surface area contributed by atoms with Crippen molar-refractivity contribution in [1.82, 2.24) is 40.2 Å². The van der Waals surface area contributed by atoms with Gasteiger partial charge in [-0.1, -0.05) is 42.5 Å². The van der Waals surface area contributed by atoms with Crippen LogP contribution in [-0.4, -0.2) is 108 Å². The Hall–Kier alpha value is -4.76. The Morgan fingerprint density at radius 3 is 2.50 bits per heavy atom. The van der Waals surface area contributed by atoms with Crippen LogP contribution in [0.5, 0.6) is 5.75 Å². The number of carbonyl (C=O) groups excluding carboxylic acids is 5. The minimum absolute atomic E-state index is 0.00465. The number of urea groups is 1. The van der Waals surface area contributed by atoms with Crippen molar-refractivity contribution in [2.45, 2.75) is 31.3 Å². The molecule has 16 heteroatoms. The molecule has 5 amide bonds. The number of amides is 5. The highest BCUT2D eigenvalue weighted by Gasteiger charge is 2.54. The van der Waals surface area contributed by atoms with Crippen LogP contribution in [0.4, 0.5) is 4.79 Å². The summed E-state index contributed by atoms with van der Waals surface area (Å²) in [7, 11) is 1.59. The fourth-order valence-corrected chi connectivity index (χ4v) is 7.77. The molecule has 3 aliphatic rings. The van der Waals surface area contributed by atoms with E-state index in [1.807, 2.05) is 24.3 Å². The van der Waals surface area contributed by atoms with E-state index in [1.54, 1.807) is 53.9 Å². The van der Waals surface area contributed by atoms with E-state index in [-0.39, 0.29) is 36.7 Å². The zero-order valence-electron chi connectivity index (χ0n) is 26.2. The normalized spacial score (nSPS) is 20.0. The molecule has 2 saturated heterocycles. The molecule has 0 unspecified atom stereocenters. The van der Waals surface area contributed by atoms with Gasteiger partial charge < -0.3 is 15.0 Å². The summed E-state index contributed by atoms with van der Waals surface area (Å²) in [6.07, 6.45) is -0.163. The van der Waals surface area contributed by atoms with Crippen LogP contribution in [0.15, 0.2) is 60.2 Å². The zero-order valence-corrected chi connectivity index (χ0v) is 27.8. The number of halogens is 1. The molecule has 0 radical (unpaired) electrons. The van der Waals surface area contributed by atoms with E-state index in [1.165, 1.54) is 16.7 Å². The molecule has 4 heterocycles. The van der Waals surface area contributed by atoms with Crippen molar-refractivity contribution >= 4 is 58.6 Å². The summed E-state index contributed by atoms with van der Waals surface area (Å²) in [6, 6.07) is 14.1. The largest absolute Gasteiger partial charge is 0.497 e. The molecule has 2 aromatic carbocycles. The molecule has 1 N–H and O–H groups in total. The van der Waals surface area contributed by atoms with Gasteiger partial charge in [0.15, 0.2) is 11.6 Å². The van der Waals surface area contributed by atoms with Gasteiger partial charge in [0.1, 0.15) is 11.8 Å². The number of β-lactam (4-membered cyclic amide) rings is 1. The molecule has 1 aromatic heterocycles. The summed E-state index contributed by atoms with van der Waals surface area (Å²) >= 11 is 7.85. The number of aromatic nitrogens is 4. The Morgan fingerprint density at radius 2 is 1.81 bits per heavy atom. The molecule has 6 rings (SSSR count). The lowest BCUT2D eigenvalue weighted by Gasteiger charge is -2.50. The Balaban J connectivity index is 1.20. The number of rotatable bonds is 11. The molecule has 14 nitrogen and oxygen atoms in total. The van der Waals surface area contributed by atoms with E-state index < -0.39 is 35.6 Å². The number of tetrazole rings is 1. The molecule has 3 aromatic rings. The second-order valence-electron chi connectivity index (χ2n) is 11.4. The van der Waals surface area contributed by atoms with Crippen molar-refractivity contribution in [1.29, 1.82) is 0 Å². The van der Waals surface area contributed by atoms with E-state index in [0.29, 0.717) is 41.7 Å². The standard InChI is InChI=1S/C32H33ClN8O6S/c1-3-38-13-14-39(30(45)29(38)44)32(46)34-25(20-7-5-4-6-8-20)24(42)15-23-28(43)41-26(21(16-33)18-48-31(23)41)27-35-36-37-40(27)17-19-9-11-22(47-2)12-10-19/h4-12,23,25,31H,3,13-18H2,1-2H3,(H,34,46)/t23-,25-,31-/m1/s1. The average molecular weight is 693 g/mol. The van der Waals surface area contributed by atoms with Gasteiger partial charge in [-0.05, 0) is 46.2 Å². The SMILES string of the molecule is CCN1CCN(C(=O)N[C@@H](C(=O)C[C@@H]2C(=O)N3C(c4nnnn4Cc4ccc(OC)cc4)=C(CCl)CS[C@H]23)c2ccccc2)C(=O)C1=O. The third kappa shape index (κ3) is 6.27. The molecular weight excluding hydrogens is 660 g/mol. The Bertz CT molecular complexity index is 1770. The predicted octanol–water partition coefficient (Wildman–Crippen LogP) is 2.31. The minimum atomic E-state index is -1.15. The van der Waals surface area contributed by atoms with Crippen LogP contribution in [0.2, 0.25) is 0 Å². The van der Waals surface area contributed by atoms with Crippen molar-refractivity contribution in [3.8, 4) is 5.75 Å². The number of alkyl halides is 1. The number of nitrogens with one attached hydrogen (secondary N) is 1. The molecule has 2 fully saturated rings. The number of thioether (sulfide) groups is 1. The van der Waals surface area contributed by atoms with E-state index in [9.17, 15) is 24.0 Å². The number of carbonyl (C=O) groups is 5. The third-order valence-electron chi connectivity index (χ3n) is 8.63. The van der Waals surface area contributed by atoms with Gasteiger partial charge in [-0.25, -0.2) is 9.48 Å². The highest BCUT2D eigenvalue weighted by molar-refractivity contribution is 8.00. The topological polar surface area (TPSA) is 160 Å². The van der Waals surface area contributed by atoms with Gasteiger partial charge in [-0.3, -0.25) is 29.0 Å². The minimum Gasteiger partial charge on any atom is -0.497 e. The molecule has 250 valence electrons. The average Bonchev–Trinajstić information content (AvgIpc) is 3.57. The van der Waals surface area contributed by atoms with Gasteiger partial charge >= 0.3 is 17.8 Å². The van der Waals surface area contributed by atoms with Crippen LogP contribution in [0, 0.1) is 5.92 Å². The fraction of sp³-hybridized carbons (Fsp3) is 0.375. The molecular formula is C32H33ClN8O6S. The summed E-state index contributed by atoms with van der Waals surface area (Å²) in [5.74, 6) is -1.32. The third-order valence-corrected chi connectivity index (χ3v) is 10.4. The maximum atomic E-state index is 13.9. The molecule has 0 aliphatic carbocycles. The number of fused-ring (bicyclic) bond motifs is 1. The number of likely N-dealkylation sites (N-methyl/N-ethyl adjacent to an activating group) is 1. The number of ketones is 1. The van der Waals surface area contributed by atoms with Crippen molar-refractivity contribution < 1.29 is 28.7 Å². The highest BCUT2D eigenvalue weighted by atomic mass is 35.5. The van der Waals surface area contributed by atoms with Gasteiger partial charge in [0.25, 0.3) is 0 Å². The molecule has 48 heavy (non-hydrogen) atoms. The predicted molar refractivity (Wildman–Crippen MR) is 175 cm³/mol. The van der Waals surface area contributed by atoms with E-state index >= 15 is 0 Å². The second kappa shape index (κ2) is 14.2. The van der Waals surface area contributed by atoms with Crippen molar-refractivity contribution in [2.24, 2.45) is 5.92 Å². The van der Waals surface area contributed by atoms with Crippen molar-refractivity contribution in [3.05, 3.63) is 77.1 Å². The van der Waals surface area contributed by atoms with Crippen LogP contribution >= 0.6 is 23.4 Å². The maximum Gasteiger partial charge on any atom is 0.325 e. The number of imide groups is 1. The van der Waals surface area contributed by atoms with E-state index in [0.717, 1.165) is 16.0 Å². The maximum absolute atomic E-state index is 13.9. The molecule has 3 aliphatic heterocycles. The summed E-state index contributed by atoms with van der Waals surface area (Å²) in [4.78, 5) is 69.9. The fourth-order valence-electron chi connectivity index (χ4n) is 6.02. The smallest absolute Gasteiger partial charge is 0.325 e. The summed E-state index contributed by atoms with van der Waals surface area (Å²) < 4.78 is 6.85. The van der Waals surface area contributed by atoms with Gasteiger partial charge in [0.05, 0.1) is 30.6 Å². The van der Waals surface area contributed by atoms with E-state index in [2.05, 4.69) is 20.8 Å². The Morgan fingerprint density at radius 1 is 1.06 bits per heavy atom. The molecule has 0 bridgehead atoms. The number of nitrogens with zero attached hydrogens (tertiary/aromatic N) is 7. The lowest BCUT2D eigenvalue weighted by Crippen LogP contribution is -2.61. The van der Waals surface area contributed by atoms with Crippen molar-refractivity contribution in [2.75, 3.05) is 38.4 Å². The van der Waals surface area contributed by atoms with Crippen LogP contribution in [0.3, 0.4) is 0 Å². The van der Waals surface area contributed by atoms with Crippen LogP contribution in [0.1, 0.15) is 36.3 Å². The summed E-state index contributed by atoms with van der Waals surface area (Å²) in [5.41, 5.74) is 2.73. The Labute approximate surface area is 285 Å². The van der Waals surface area contributed by atoms with Crippen molar-refractivity contribution in [3.63, 3.8) is 0 Å². The summed E-state index contributed by atoms with van der Waals surface area (Å²) in [5, 5.41) is 14.6. The summed E-state index contributed by atoms with van der Waals surface area (Å²) in [6.45, 7) is 2.64. The molecule has 0 spiro atoms. The highest BCUT2D eigenvalue weighted by Crippen LogP contribution is 2.48. The quantitative estimate of drug-likeness (QED) is 0.180. The second-order valence-corrected chi connectivity index (χ2v) is 12.8.